The van der Waals surface area contributed by atoms with E-state index >= 15 is 0 Å². The van der Waals surface area contributed by atoms with Crippen LogP contribution in [0.3, 0.4) is 0 Å². The Bertz CT molecular complexity index is 423. The molecular weight excluding hydrogens is 284 g/mol. The van der Waals surface area contributed by atoms with Crippen LogP contribution in [0.4, 0.5) is 0 Å². The SMILES string of the molecule is CC(=O)O[C@@H]1[C@@H]([N+](C)(C)C)[C@@H](OC(C)=O)CC[C@H]1[N+](C)(C)C. The van der Waals surface area contributed by atoms with Gasteiger partial charge in [-0.05, 0) is 6.42 Å². The highest BCUT2D eigenvalue weighted by Crippen LogP contribution is 2.34. The average molecular weight is 316 g/mol. The molecule has 0 aliphatic heterocycles. The van der Waals surface area contributed by atoms with Crippen LogP contribution in [0.15, 0.2) is 0 Å². The lowest BCUT2D eigenvalue weighted by Gasteiger charge is -2.50. The third kappa shape index (κ3) is 4.68. The van der Waals surface area contributed by atoms with Crippen molar-refractivity contribution < 1.29 is 28.0 Å². The summed E-state index contributed by atoms with van der Waals surface area (Å²) in [6.07, 6.45) is 1.13. The second-order valence-corrected chi connectivity index (χ2v) is 8.09. The zero-order valence-electron chi connectivity index (χ0n) is 15.3. The molecular formula is C16H32N2O4+2. The molecule has 0 unspecified atom stereocenters. The molecule has 0 bridgehead atoms. The van der Waals surface area contributed by atoms with E-state index in [1.165, 1.54) is 13.8 Å². The standard InChI is InChI=1S/C16H32N2O4/c1-11(19)21-14-10-9-13(17(3,4)5)16(22-12(2)20)15(14)18(6,7)8/h13-16H,9-10H2,1-8H3/q+2/t13-,14+,15+,16+/m1/s1. The summed E-state index contributed by atoms with van der Waals surface area (Å²) in [6.45, 7) is 2.87. The molecule has 22 heavy (non-hydrogen) atoms. The van der Waals surface area contributed by atoms with Crippen molar-refractivity contribution in [3.8, 4) is 0 Å². The van der Waals surface area contributed by atoms with Crippen LogP contribution in [-0.2, 0) is 19.1 Å². The third-order valence-electron chi connectivity index (χ3n) is 4.35. The lowest BCUT2D eigenvalue weighted by Crippen LogP contribution is -2.69. The van der Waals surface area contributed by atoms with Gasteiger partial charge in [-0.15, -0.1) is 0 Å². The van der Waals surface area contributed by atoms with Crippen LogP contribution in [-0.4, -0.2) is 87.5 Å². The molecule has 0 aromatic rings. The van der Waals surface area contributed by atoms with E-state index in [1.54, 1.807) is 0 Å². The average Bonchev–Trinajstić information content (AvgIpc) is 2.23. The van der Waals surface area contributed by atoms with E-state index in [1.807, 2.05) is 0 Å². The van der Waals surface area contributed by atoms with Crippen molar-refractivity contribution in [2.24, 2.45) is 0 Å². The van der Waals surface area contributed by atoms with E-state index < -0.39 is 0 Å². The Labute approximate surface area is 134 Å². The number of hydrogen-bond donors (Lipinski definition) is 0. The second-order valence-electron chi connectivity index (χ2n) is 8.09. The first kappa shape index (κ1) is 18.9. The predicted octanol–water partition coefficient (Wildman–Crippen LogP) is 0.793. The Balaban J connectivity index is 3.22. The third-order valence-corrected chi connectivity index (χ3v) is 4.35. The summed E-state index contributed by atoms with van der Waals surface area (Å²) in [4.78, 5) is 23.1. The van der Waals surface area contributed by atoms with E-state index in [2.05, 4.69) is 42.3 Å². The highest BCUT2D eigenvalue weighted by atomic mass is 16.6. The summed E-state index contributed by atoms with van der Waals surface area (Å²) in [6, 6.07) is 0.0990. The number of nitrogens with zero attached hydrogens (tertiary/aromatic N) is 2. The molecule has 1 saturated carbocycles. The molecule has 1 fully saturated rings. The summed E-state index contributed by atoms with van der Waals surface area (Å²) in [7, 11) is 12.5. The van der Waals surface area contributed by atoms with Gasteiger partial charge in [0.25, 0.3) is 0 Å². The molecule has 0 N–H and O–H groups in total. The van der Waals surface area contributed by atoms with Gasteiger partial charge in [0.1, 0.15) is 6.04 Å². The van der Waals surface area contributed by atoms with Crippen molar-refractivity contribution in [3.05, 3.63) is 0 Å². The van der Waals surface area contributed by atoms with Crippen LogP contribution < -0.4 is 0 Å². The Morgan fingerprint density at radius 2 is 1.32 bits per heavy atom. The number of carbonyl (C=O) groups excluding carboxylic acids is 2. The van der Waals surface area contributed by atoms with E-state index in [4.69, 9.17) is 9.47 Å². The Kier molecular flexibility index (Phi) is 5.62. The van der Waals surface area contributed by atoms with Crippen molar-refractivity contribution in [3.63, 3.8) is 0 Å². The van der Waals surface area contributed by atoms with Gasteiger partial charge in [0.2, 0.25) is 6.10 Å². The van der Waals surface area contributed by atoms with Crippen molar-refractivity contribution in [2.75, 3.05) is 42.3 Å². The molecule has 0 aromatic carbocycles. The summed E-state index contributed by atoms with van der Waals surface area (Å²) in [5.74, 6) is -0.570. The Morgan fingerprint density at radius 3 is 1.68 bits per heavy atom. The van der Waals surface area contributed by atoms with Crippen molar-refractivity contribution in [1.29, 1.82) is 0 Å². The van der Waals surface area contributed by atoms with E-state index in [-0.39, 0.29) is 36.2 Å². The largest absolute Gasteiger partial charge is 0.456 e. The summed E-state index contributed by atoms with van der Waals surface area (Å²) in [5, 5.41) is 0. The first-order chi connectivity index (χ1) is 9.84. The number of carbonyl (C=O) groups is 2. The van der Waals surface area contributed by atoms with Gasteiger partial charge in [0.15, 0.2) is 12.1 Å². The van der Waals surface area contributed by atoms with Crippen molar-refractivity contribution in [2.45, 2.75) is 51.0 Å². The highest BCUT2D eigenvalue weighted by Gasteiger charge is 2.54. The zero-order valence-corrected chi connectivity index (χ0v) is 15.3. The van der Waals surface area contributed by atoms with Gasteiger partial charge in [-0.25, -0.2) is 0 Å². The summed E-state index contributed by atoms with van der Waals surface area (Å²) >= 11 is 0. The second kappa shape index (κ2) is 6.54. The van der Waals surface area contributed by atoms with Gasteiger partial charge in [0, 0.05) is 20.3 Å². The molecule has 128 valence electrons. The number of likely N-dealkylation sites (N-methyl/N-ethyl adjacent to an activating group) is 2. The lowest BCUT2D eigenvalue weighted by molar-refractivity contribution is -0.931. The lowest BCUT2D eigenvalue weighted by atomic mass is 9.82. The first-order valence-electron chi connectivity index (χ1n) is 7.80. The molecule has 6 nitrogen and oxygen atoms in total. The fourth-order valence-corrected chi connectivity index (χ4v) is 3.56. The van der Waals surface area contributed by atoms with Gasteiger partial charge in [0.05, 0.1) is 42.3 Å². The van der Waals surface area contributed by atoms with Crippen LogP contribution in [0.25, 0.3) is 0 Å². The summed E-state index contributed by atoms with van der Waals surface area (Å²) < 4.78 is 12.6. The van der Waals surface area contributed by atoms with E-state index in [9.17, 15) is 9.59 Å². The molecule has 0 saturated heterocycles. The van der Waals surface area contributed by atoms with Gasteiger partial charge < -0.3 is 18.4 Å². The first-order valence-corrected chi connectivity index (χ1v) is 7.80. The molecule has 0 aromatic heterocycles. The normalized spacial score (nSPS) is 29.8. The maximum Gasteiger partial charge on any atom is 0.303 e. The summed E-state index contributed by atoms with van der Waals surface area (Å²) in [5.41, 5.74) is 0. The fraction of sp³-hybridized carbons (Fsp3) is 0.875. The minimum atomic E-state index is -0.287. The number of rotatable bonds is 4. The Morgan fingerprint density at radius 1 is 0.818 bits per heavy atom. The highest BCUT2D eigenvalue weighted by molar-refractivity contribution is 5.67. The van der Waals surface area contributed by atoms with Crippen LogP contribution >= 0.6 is 0 Å². The molecule has 0 radical (unpaired) electrons. The van der Waals surface area contributed by atoms with Gasteiger partial charge in [-0.2, -0.15) is 0 Å². The molecule has 4 atom stereocenters. The maximum absolute atomic E-state index is 11.6. The fourth-order valence-electron chi connectivity index (χ4n) is 3.56. The molecule has 1 rings (SSSR count). The Hall–Kier alpha value is -1.14. The van der Waals surface area contributed by atoms with E-state index in [0.29, 0.717) is 8.97 Å². The molecule has 0 heterocycles. The smallest absolute Gasteiger partial charge is 0.303 e. The molecule has 0 spiro atoms. The van der Waals surface area contributed by atoms with E-state index in [0.717, 1.165) is 12.8 Å². The minimum absolute atomic E-state index is 0.0797. The number of hydrogen-bond acceptors (Lipinski definition) is 4. The maximum atomic E-state index is 11.6. The number of esters is 2. The minimum Gasteiger partial charge on any atom is -0.456 e. The van der Waals surface area contributed by atoms with Crippen molar-refractivity contribution in [1.82, 2.24) is 0 Å². The monoisotopic (exact) mass is 316 g/mol. The van der Waals surface area contributed by atoms with Crippen LogP contribution in [0.1, 0.15) is 26.7 Å². The molecule has 1 aliphatic rings. The topological polar surface area (TPSA) is 52.6 Å². The van der Waals surface area contributed by atoms with Crippen LogP contribution in [0, 0.1) is 0 Å². The van der Waals surface area contributed by atoms with Gasteiger partial charge in [-0.3, -0.25) is 9.59 Å². The zero-order chi connectivity index (χ0) is 17.3. The molecule has 0 amide bonds. The number of ether oxygens (including phenoxy) is 2. The predicted molar refractivity (Wildman–Crippen MR) is 84.0 cm³/mol. The van der Waals surface area contributed by atoms with Gasteiger partial charge >= 0.3 is 11.9 Å². The molecule has 6 heteroatoms. The van der Waals surface area contributed by atoms with Crippen LogP contribution in [0.2, 0.25) is 0 Å². The number of quaternary nitrogens is 2. The molecule has 1 aliphatic carbocycles. The van der Waals surface area contributed by atoms with Gasteiger partial charge in [-0.1, -0.05) is 0 Å². The van der Waals surface area contributed by atoms with Crippen molar-refractivity contribution >= 4 is 11.9 Å². The van der Waals surface area contributed by atoms with Crippen LogP contribution in [0.5, 0.6) is 0 Å². The quantitative estimate of drug-likeness (QED) is 0.568.